The van der Waals surface area contributed by atoms with E-state index >= 15 is 0 Å². The Morgan fingerprint density at radius 1 is 1.19 bits per heavy atom. The fourth-order valence-electron chi connectivity index (χ4n) is 3.14. The van der Waals surface area contributed by atoms with Crippen molar-refractivity contribution in [2.75, 3.05) is 0 Å². The summed E-state index contributed by atoms with van der Waals surface area (Å²) in [5.41, 5.74) is 3.06. The lowest BCUT2D eigenvalue weighted by Gasteiger charge is -2.25. The molecule has 1 fully saturated rings. The topological polar surface area (TPSA) is 48.7 Å². The average molecular weight is 279 g/mol. The largest absolute Gasteiger partial charge is 0.295 e. The number of aromatic nitrogens is 1. The SMILES string of the molecule is Cc1ccc2cc(C(C#N)NC3CCCCC3)ccc2n1. The Bertz CT molecular complexity index is 666. The van der Waals surface area contributed by atoms with E-state index in [9.17, 15) is 5.26 Å². The van der Waals surface area contributed by atoms with Gasteiger partial charge in [-0.15, -0.1) is 0 Å². The molecule has 1 aromatic heterocycles. The lowest BCUT2D eigenvalue weighted by Crippen LogP contribution is -2.33. The predicted molar refractivity (Wildman–Crippen MR) is 84.8 cm³/mol. The molecule has 0 amide bonds. The summed E-state index contributed by atoms with van der Waals surface area (Å²) in [6.07, 6.45) is 6.25. The number of nitrogens with zero attached hydrogens (tertiary/aromatic N) is 2. The molecule has 3 rings (SSSR count). The van der Waals surface area contributed by atoms with Gasteiger partial charge in [-0.3, -0.25) is 10.3 Å². The van der Waals surface area contributed by atoms with Crippen LogP contribution in [-0.2, 0) is 0 Å². The Labute approximate surface area is 126 Å². The highest BCUT2D eigenvalue weighted by Gasteiger charge is 2.19. The Morgan fingerprint density at radius 3 is 2.76 bits per heavy atom. The molecule has 108 valence electrons. The number of hydrogen-bond acceptors (Lipinski definition) is 3. The third-order valence-corrected chi connectivity index (χ3v) is 4.32. The van der Waals surface area contributed by atoms with Crippen molar-refractivity contribution < 1.29 is 0 Å². The molecule has 1 atom stereocenters. The molecule has 3 nitrogen and oxygen atoms in total. The maximum absolute atomic E-state index is 9.50. The molecule has 1 N–H and O–H groups in total. The average Bonchev–Trinajstić information content (AvgIpc) is 2.53. The van der Waals surface area contributed by atoms with Gasteiger partial charge in [-0.25, -0.2) is 0 Å². The maximum atomic E-state index is 9.50. The molecule has 2 aromatic rings. The number of rotatable bonds is 3. The number of aryl methyl sites for hydroxylation is 1. The van der Waals surface area contributed by atoms with Gasteiger partial charge in [0.1, 0.15) is 6.04 Å². The molecule has 1 heterocycles. The Hall–Kier alpha value is -1.92. The van der Waals surface area contributed by atoms with Crippen LogP contribution in [0.5, 0.6) is 0 Å². The number of nitriles is 1. The minimum Gasteiger partial charge on any atom is -0.295 e. The molecule has 0 radical (unpaired) electrons. The second-order valence-electron chi connectivity index (χ2n) is 5.97. The van der Waals surface area contributed by atoms with Crippen molar-refractivity contribution in [1.82, 2.24) is 10.3 Å². The number of benzene rings is 1. The fraction of sp³-hybridized carbons (Fsp3) is 0.444. The zero-order valence-electron chi connectivity index (χ0n) is 12.5. The molecule has 1 aliphatic rings. The summed E-state index contributed by atoms with van der Waals surface area (Å²) in [6.45, 7) is 2.00. The van der Waals surface area contributed by atoms with Gasteiger partial charge >= 0.3 is 0 Å². The minimum atomic E-state index is -0.223. The third-order valence-electron chi connectivity index (χ3n) is 4.32. The van der Waals surface area contributed by atoms with E-state index in [-0.39, 0.29) is 6.04 Å². The van der Waals surface area contributed by atoms with Crippen LogP contribution >= 0.6 is 0 Å². The second kappa shape index (κ2) is 6.24. The van der Waals surface area contributed by atoms with Crippen LogP contribution in [0.3, 0.4) is 0 Å². The quantitative estimate of drug-likeness (QED) is 0.922. The van der Waals surface area contributed by atoms with Gasteiger partial charge in [0.2, 0.25) is 0 Å². The van der Waals surface area contributed by atoms with Crippen molar-refractivity contribution in [2.24, 2.45) is 0 Å². The monoisotopic (exact) mass is 279 g/mol. The summed E-state index contributed by atoms with van der Waals surface area (Å²) in [4.78, 5) is 4.51. The van der Waals surface area contributed by atoms with Crippen molar-refractivity contribution in [3.63, 3.8) is 0 Å². The van der Waals surface area contributed by atoms with E-state index in [4.69, 9.17) is 0 Å². The van der Waals surface area contributed by atoms with Gasteiger partial charge in [0, 0.05) is 17.1 Å². The standard InChI is InChI=1S/C18H21N3/c1-13-7-8-14-11-15(9-10-17(14)20-13)18(12-19)21-16-5-3-2-4-6-16/h7-11,16,18,21H,2-6H2,1H3. The van der Waals surface area contributed by atoms with Crippen molar-refractivity contribution in [2.45, 2.75) is 51.1 Å². The molecule has 0 saturated heterocycles. The Balaban J connectivity index is 1.83. The highest BCUT2D eigenvalue weighted by molar-refractivity contribution is 5.79. The number of hydrogen-bond donors (Lipinski definition) is 1. The lowest BCUT2D eigenvalue weighted by molar-refractivity contribution is 0.360. The van der Waals surface area contributed by atoms with Crippen LogP contribution in [-0.4, -0.2) is 11.0 Å². The normalized spacial score (nSPS) is 17.5. The highest BCUT2D eigenvalue weighted by Crippen LogP contribution is 2.23. The van der Waals surface area contributed by atoms with Crippen LogP contribution in [0.4, 0.5) is 0 Å². The summed E-state index contributed by atoms with van der Waals surface area (Å²) < 4.78 is 0. The Morgan fingerprint density at radius 2 is 2.00 bits per heavy atom. The summed E-state index contributed by atoms with van der Waals surface area (Å²) in [6, 6.07) is 12.9. The van der Waals surface area contributed by atoms with E-state index in [2.05, 4.69) is 28.5 Å². The minimum absolute atomic E-state index is 0.223. The van der Waals surface area contributed by atoms with Gasteiger partial charge in [0.25, 0.3) is 0 Å². The molecule has 0 bridgehead atoms. The smallest absolute Gasteiger partial charge is 0.121 e. The lowest BCUT2D eigenvalue weighted by atomic mass is 9.94. The van der Waals surface area contributed by atoms with Crippen molar-refractivity contribution >= 4 is 10.9 Å². The van der Waals surface area contributed by atoms with Crippen molar-refractivity contribution in [1.29, 1.82) is 5.26 Å². The van der Waals surface area contributed by atoms with Gasteiger partial charge < -0.3 is 0 Å². The van der Waals surface area contributed by atoms with Gasteiger partial charge in [0.05, 0.1) is 11.6 Å². The second-order valence-corrected chi connectivity index (χ2v) is 5.97. The van der Waals surface area contributed by atoms with Gasteiger partial charge in [0.15, 0.2) is 0 Å². The first-order chi connectivity index (χ1) is 10.3. The first kappa shape index (κ1) is 14.0. The Kier molecular flexibility index (Phi) is 4.17. The van der Waals surface area contributed by atoms with E-state index in [1.807, 2.05) is 25.1 Å². The van der Waals surface area contributed by atoms with Crippen molar-refractivity contribution in [3.05, 3.63) is 41.6 Å². The molecule has 0 spiro atoms. The van der Waals surface area contributed by atoms with Gasteiger partial charge in [-0.2, -0.15) is 5.26 Å². The molecule has 0 aliphatic heterocycles. The molecule has 21 heavy (non-hydrogen) atoms. The third kappa shape index (κ3) is 3.22. The molecule has 1 aliphatic carbocycles. The summed E-state index contributed by atoms with van der Waals surface area (Å²) in [5.74, 6) is 0. The first-order valence-corrected chi connectivity index (χ1v) is 7.79. The number of fused-ring (bicyclic) bond motifs is 1. The molecular formula is C18H21N3. The van der Waals surface area contributed by atoms with Gasteiger partial charge in [-0.1, -0.05) is 31.4 Å². The molecule has 1 saturated carbocycles. The van der Waals surface area contributed by atoms with Crippen LogP contribution in [0.25, 0.3) is 10.9 Å². The summed E-state index contributed by atoms with van der Waals surface area (Å²) in [7, 11) is 0. The molecule has 3 heteroatoms. The highest BCUT2D eigenvalue weighted by atomic mass is 14.9. The van der Waals surface area contributed by atoms with Crippen LogP contribution in [0.1, 0.15) is 49.4 Å². The van der Waals surface area contributed by atoms with Crippen LogP contribution in [0.2, 0.25) is 0 Å². The van der Waals surface area contributed by atoms with Crippen LogP contribution in [0.15, 0.2) is 30.3 Å². The van der Waals surface area contributed by atoms with E-state index in [0.29, 0.717) is 6.04 Å². The summed E-state index contributed by atoms with van der Waals surface area (Å²) >= 11 is 0. The van der Waals surface area contributed by atoms with Crippen molar-refractivity contribution in [3.8, 4) is 6.07 Å². The fourth-order valence-corrected chi connectivity index (χ4v) is 3.14. The van der Waals surface area contributed by atoms with E-state index < -0.39 is 0 Å². The van der Waals surface area contributed by atoms with E-state index in [1.54, 1.807) is 0 Å². The first-order valence-electron chi connectivity index (χ1n) is 7.79. The molecule has 1 aromatic carbocycles. The summed E-state index contributed by atoms with van der Waals surface area (Å²) in [5, 5.41) is 14.1. The zero-order valence-corrected chi connectivity index (χ0v) is 12.5. The van der Waals surface area contributed by atoms with Crippen LogP contribution in [0, 0.1) is 18.3 Å². The number of nitrogens with one attached hydrogen (secondary N) is 1. The zero-order chi connectivity index (χ0) is 14.7. The predicted octanol–water partition coefficient (Wildman–Crippen LogP) is 4.03. The molecule has 1 unspecified atom stereocenters. The number of pyridine rings is 1. The van der Waals surface area contributed by atoms with E-state index in [1.165, 1.54) is 32.1 Å². The molecular weight excluding hydrogens is 258 g/mol. The van der Waals surface area contributed by atoms with Crippen LogP contribution < -0.4 is 5.32 Å². The van der Waals surface area contributed by atoms with Gasteiger partial charge in [-0.05, 0) is 43.5 Å². The maximum Gasteiger partial charge on any atom is 0.121 e. The van der Waals surface area contributed by atoms with E-state index in [0.717, 1.165) is 22.2 Å².